The van der Waals surface area contributed by atoms with Crippen molar-refractivity contribution in [2.45, 2.75) is 31.2 Å². The number of rotatable bonds is 8. The molecule has 0 aliphatic heterocycles. The van der Waals surface area contributed by atoms with Crippen LogP contribution in [-0.4, -0.2) is 21.8 Å². The number of nitrogens with one attached hydrogen (secondary N) is 1. The second-order valence-corrected chi connectivity index (χ2v) is 6.04. The molecule has 0 radical (unpaired) electrons. The highest BCUT2D eigenvalue weighted by atomic mass is 32.2. The molecule has 20 heavy (non-hydrogen) atoms. The van der Waals surface area contributed by atoms with Gasteiger partial charge < -0.3 is 9.88 Å². The zero-order chi connectivity index (χ0) is 14.2. The quantitative estimate of drug-likeness (QED) is 0.597. The zero-order valence-electron chi connectivity index (χ0n) is 12.3. The van der Waals surface area contributed by atoms with Crippen molar-refractivity contribution >= 4 is 11.8 Å². The molecule has 0 saturated heterocycles. The first kappa shape index (κ1) is 15.1. The van der Waals surface area contributed by atoms with Crippen molar-refractivity contribution in [1.29, 1.82) is 0 Å². The van der Waals surface area contributed by atoms with Crippen LogP contribution in [0.4, 0.5) is 0 Å². The maximum Gasteiger partial charge on any atom is 0.109 e. The van der Waals surface area contributed by atoms with Gasteiger partial charge in [0.2, 0.25) is 0 Å². The Morgan fingerprint density at radius 3 is 2.70 bits per heavy atom. The third-order valence-electron chi connectivity index (χ3n) is 3.19. The lowest BCUT2D eigenvalue weighted by atomic mass is 10.2. The number of thioether (sulfide) groups is 1. The Bertz CT molecular complexity index is 505. The summed E-state index contributed by atoms with van der Waals surface area (Å²) in [6.07, 6.45) is 6.05. The molecule has 3 nitrogen and oxygen atoms in total. The molecule has 1 N–H and O–H groups in total. The van der Waals surface area contributed by atoms with Crippen LogP contribution in [0.3, 0.4) is 0 Å². The van der Waals surface area contributed by atoms with Crippen molar-refractivity contribution in [1.82, 2.24) is 14.9 Å². The molecule has 0 spiro atoms. The van der Waals surface area contributed by atoms with Gasteiger partial charge in [-0.25, -0.2) is 4.98 Å². The van der Waals surface area contributed by atoms with Crippen molar-refractivity contribution in [3.05, 3.63) is 48.0 Å². The second-order valence-electron chi connectivity index (χ2n) is 4.87. The van der Waals surface area contributed by atoms with Crippen LogP contribution < -0.4 is 5.32 Å². The van der Waals surface area contributed by atoms with Crippen LogP contribution >= 0.6 is 11.8 Å². The van der Waals surface area contributed by atoms with Crippen LogP contribution in [-0.2, 0) is 20.0 Å². The number of benzene rings is 1. The van der Waals surface area contributed by atoms with Crippen LogP contribution in [0.25, 0.3) is 0 Å². The first-order chi connectivity index (χ1) is 9.79. The topological polar surface area (TPSA) is 29.9 Å². The van der Waals surface area contributed by atoms with Gasteiger partial charge in [0.05, 0.1) is 0 Å². The highest BCUT2D eigenvalue weighted by Crippen LogP contribution is 2.19. The van der Waals surface area contributed by atoms with Gasteiger partial charge in [-0.2, -0.15) is 0 Å². The first-order valence-corrected chi connectivity index (χ1v) is 8.17. The molecular formula is C16H23N3S. The van der Waals surface area contributed by atoms with Gasteiger partial charge in [0.15, 0.2) is 0 Å². The van der Waals surface area contributed by atoms with E-state index in [0.717, 1.165) is 31.1 Å². The summed E-state index contributed by atoms with van der Waals surface area (Å²) in [5.74, 6) is 2.22. The summed E-state index contributed by atoms with van der Waals surface area (Å²) in [5, 5.41) is 3.42. The van der Waals surface area contributed by atoms with E-state index in [1.54, 1.807) is 0 Å². The summed E-state index contributed by atoms with van der Waals surface area (Å²) in [6, 6.07) is 8.86. The first-order valence-electron chi connectivity index (χ1n) is 7.18. The highest BCUT2D eigenvalue weighted by molar-refractivity contribution is 7.99. The highest BCUT2D eigenvalue weighted by Gasteiger charge is 2.00. The van der Waals surface area contributed by atoms with E-state index in [4.69, 9.17) is 0 Å². The molecular weight excluding hydrogens is 266 g/mol. The fourth-order valence-electron chi connectivity index (χ4n) is 2.01. The Balaban J connectivity index is 1.74. The molecule has 0 aliphatic carbocycles. The zero-order valence-corrected chi connectivity index (χ0v) is 13.1. The van der Waals surface area contributed by atoms with Gasteiger partial charge in [0, 0.05) is 43.1 Å². The number of aromatic nitrogens is 2. The van der Waals surface area contributed by atoms with Gasteiger partial charge in [0.1, 0.15) is 5.82 Å². The SMILES string of the molecule is CCCNCc1ccc(SCCc2nccn2C)cc1. The second kappa shape index (κ2) is 8.12. The number of hydrogen-bond acceptors (Lipinski definition) is 3. The van der Waals surface area contributed by atoms with Crippen LogP contribution in [0.15, 0.2) is 41.6 Å². The molecule has 0 amide bonds. The third kappa shape index (κ3) is 4.69. The standard InChI is InChI=1S/C16H23N3S/c1-3-9-17-13-14-4-6-15(7-5-14)20-12-8-16-18-10-11-19(16)2/h4-7,10-11,17H,3,8-9,12-13H2,1-2H3. The predicted octanol–water partition coefficient (Wildman–Crippen LogP) is 3.25. The minimum Gasteiger partial charge on any atom is -0.338 e. The Morgan fingerprint density at radius 2 is 2.05 bits per heavy atom. The van der Waals surface area contributed by atoms with Crippen molar-refractivity contribution < 1.29 is 0 Å². The molecule has 1 aromatic heterocycles. The fraction of sp³-hybridized carbons (Fsp3) is 0.438. The summed E-state index contributed by atoms with van der Waals surface area (Å²) >= 11 is 1.89. The molecule has 2 rings (SSSR count). The summed E-state index contributed by atoms with van der Waals surface area (Å²) < 4.78 is 2.09. The lowest BCUT2D eigenvalue weighted by molar-refractivity contribution is 0.675. The Kier molecular flexibility index (Phi) is 6.15. The monoisotopic (exact) mass is 289 g/mol. The molecule has 1 aromatic carbocycles. The van der Waals surface area contributed by atoms with Gasteiger partial charge in [-0.1, -0.05) is 19.1 Å². The van der Waals surface area contributed by atoms with Crippen molar-refractivity contribution in [3.63, 3.8) is 0 Å². The number of aryl methyl sites for hydroxylation is 2. The maximum absolute atomic E-state index is 4.34. The van der Waals surface area contributed by atoms with Gasteiger partial charge in [-0.3, -0.25) is 0 Å². The van der Waals surface area contributed by atoms with E-state index in [0.29, 0.717) is 0 Å². The minimum atomic E-state index is 0.964. The molecule has 4 heteroatoms. The molecule has 0 bridgehead atoms. The summed E-state index contributed by atoms with van der Waals surface area (Å²) in [5.41, 5.74) is 1.35. The number of hydrogen-bond donors (Lipinski definition) is 1. The van der Waals surface area contributed by atoms with Crippen LogP contribution in [0.2, 0.25) is 0 Å². The summed E-state index contributed by atoms with van der Waals surface area (Å²) in [7, 11) is 2.05. The molecule has 0 atom stereocenters. The fourth-order valence-corrected chi connectivity index (χ4v) is 2.86. The molecule has 2 aromatic rings. The average Bonchev–Trinajstić information content (AvgIpc) is 2.87. The average molecular weight is 289 g/mol. The van der Waals surface area contributed by atoms with E-state index in [2.05, 4.69) is 46.1 Å². The summed E-state index contributed by atoms with van der Waals surface area (Å²) in [4.78, 5) is 5.68. The number of nitrogens with zero attached hydrogens (tertiary/aromatic N) is 2. The minimum absolute atomic E-state index is 0.964. The molecule has 1 heterocycles. The Hall–Kier alpha value is -1.26. The summed E-state index contributed by atoms with van der Waals surface area (Å²) in [6.45, 7) is 4.24. The lowest BCUT2D eigenvalue weighted by Crippen LogP contribution is -2.13. The normalized spacial score (nSPS) is 10.9. The molecule has 0 aliphatic rings. The van der Waals surface area contributed by atoms with Gasteiger partial charge in [-0.05, 0) is 30.7 Å². The van der Waals surface area contributed by atoms with E-state index >= 15 is 0 Å². The molecule has 0 unspecified atom stereocenters. The third-order valence-corrected chi connectivity index (χ3v) is 4.21. The van der Waals surface area contributed by atoms with Crippen molar-refractivity contribution in [2.24, 2.45) is 7.05 Å². The largest absolute Gasteiger partial charge is 0.338 e. The van der Waals surface area contributed by atoms with Crippen molar-refractivity contribution in [2.75, 3.05) is 12.3 Å². The van der Waals surface area contributed by atoms with E-state index in [1.807, 2.05) is 31.2 Å². The van der Waals surface area contributed by atoms with E-state index in [1.165, 1.54) is 16.9 Å². The van der Waals surface area contributed by atoms with E-state index in [-0.39, 0.29) is 0 Å². The van der Waals surface area contributed by atoms with Crippen LogP contribution in [0.5, 0.6) is 0 Å². The molecule has 0 saturated carbocycles. The Labute approximate surface area is 125 Å². The number of imidazole rings is 1. The van der Waals surface area contributed by atoms with Crippen LogP contribution in [0.1, 0.15) is 24.7 Å². The van der Waals surface area contributed by atoms with Crippen LogP contribution in [0, 0.1) is 0 Å². The predicted molar refractivity (Wildman–Crippen MR) is 86.1 cm³/mol. The molecule has 0 fully saturated rings. The van der Waals surface area contributed by atoms with E-state index < -0.39 is 0 Å². The Morgan fingerprint density at radius 1 is 1.25 bits per heavy atom. The van der Waals surface area contributed by atoms with Crippen molar-refractivity contribution in [3.8, 4) is 0 Å². The van der Waals surface area contributed by atoms with E-state index in [9.17, 15) is 0 Å². The molecule has 108 valence electrons. The van der Waals surface area contributed by atoms with Gasteiger partial charge in [-0.15, -0.1) is 11.8 Å². The lowest BCUT2D eigenvalue weighted by Gasteiger charge is -2.05. The van der Waals surface area contributed by atoms with Gasteiger partial charge in [0.25, 0.3) is 0 Å². The van der Waals surface area contributed by atoms with Gasteiger partial charge >= 0.3 is 0 Å². The maximum atomic E-state index is 4.34. The smallest absolute Gasteiger partial charge is 0.109 e.